The van der Waals surface area contributed by atoms with Crippen LogP contribution in [0.4, 0.5) is 0 Å². The second kappa shape index (κ2) is 7.75. The van der Waals surface area contributed by atoms with Crippen molar-refractivity contribution in [1.82, 2.24) is 9.88 Å². The molecule has 1 aromatic heterocycles. The molecule has 0 unspecified atom stereocenters. The number of alkyl halides is 1. The molecule has 108 valence electrons. The van der Waals surface area contributed by atoms with E-state index >= 15 is 0 Å². The van der Waals surface area contributed by atoms with Crippen molar-refractivity contribution in [2.45, 2.75) is 39.3 Å². The van der Waals surface area contributed by atoms with E-state index in [0.29, 0.717) is 6.04 Å². The van der Waals surface area contributed by atoms with Crippen molar-refractivity contribution in [3.63, 3.8) is 0 Å². The van der Waals surface area contributed by atoms with Crippen molar-refractivity contribution in [3.8, 4) is 0 Å². The van der Waals surface area contributed by atoms with Crippen LogP contribution < -0.4 is 0 Å². The molecule has 2 nitrogen and oxygen atoms in total. The Morgan fingerprint density at radius 2 is 2.00 bits per heavy atom. The summed E-state index contributed by atoms with van der Waals surface area (Å²) in [5.41, 5.74) is 2.45. The minimum atomic E-state index is 0.664. The van der Waals surface area contributed by atoms with Crippen LogP contribution in [-0.4, -0.2) is 27.8 Å². The zero-order valence-electron chi connectivity index (χ0n) is 12.3. The third-order valence-electron chi connectivity index (χ3n) is 3.88. The van der Waals surface area contributed by atoms with Gasteiger partial charge in [-0.1, -0.05) is 41.9 Å². The van der Waals surface area contributed by atoms with Gasteiger partial charge < -0.3 is 0 Å². The lowest BCUT2D eigenvalue weighted by Gasteiger charge is -2.30. The first-order valence-electron chi connectivity index (χ1n) is 7.42. The number of nitrogens with zero attached hydrogens (tertiary/aromatic N) is 2. The molecule has 0 saturated carbocycles. The molecule has 2 rings (SSSR count). The molecule has 0 aliphatic heterocycles. The van der Waals surface area contributed by atoms with Gasteiger partial charge in [0.15, 0.2) is 0 Å². The van der Waals surface area contributed by atoms with Gasteiger partial charge in [0.1, 0.15) is 0 Å². The fourth-order valence-electron chi connectivity index (χ4n) is 2.76. The third kappa shape index (κ3) is 3.80. The molecule has 0 amide bonds. The van der Waals surface area contributed by atoms with Crippen LogP contribution in [0.15, 0.2) is 36.5 Å². The second-order valence-corrected chi connectivity index (χ2v) is 5.95. The van der Waals surface area contributed by atoms with Crippen LogP contribution in [-0.2, 0) is 6.54 Å². The number of pyridine rings is 1. The van der Waals surface area contributed by atoms with Crippen LogP contribution in [0.5, 0.6) is 0 Å². The Morgan fingerprint density at radius 1 is 1.20 bits per heavy atom. The smallest absolute Gasteiger partial charge is 0.0702 e. The van der Waals surface area contributed by atoms with Crippen LogP contribution in [0.1, 0.15) is 32.3 Å². The van der Waals surface area contributed by atoms with E-state index in [1.165, 1.54) is 23.8 Å². The summed E-state index contributed by atoms with van der Waals surface area (Å²) in [6.07, 6.45) is 4.26. The maximum Gasteiger partial charge on any atom is 0.0702 e. The van der Waals surface area contributed by atoms with E-state index < -0.39 is 0 Å². The third-order valence-corrected chi connectivity index (χ3v) is 4.24. The number of fused-ring (bicyclic) bond motifs is 1. The molecular weight excluding hydrogens is 312 g/mol. The number of rotatable bonds is 7. The Morgan fingerprint density at radius 3 is 2.70 bits per heavy atom. The number of hydrogen-bond acceptors (Lipinski definition) is 2. The van der Waals surface area contributed by atoms with Crippen molar-refractivity contribution < 1.29 is 0 Å². The minimum absolute atomic E-state index is 0.664. The predicted molar refractivity (Wildman–Crippen MR) is 90.3 cm³/mol. The second-order valence-electron chi connectivity index (χ2n) is 5.16. The van der Waals surface area contributed by atoms with Gasteiger partial charge in [0, 0.05) is 36.0 Å². The monoisotopic (exact) mass is 334 g/mol. The Kier molecular flexibility index (Phi) is 5.99. The number of aromatic nitrogens is 1. The molecular formula is C17H23BrN2. The summed E-state index contributed by atoms with van der Waals surface area (Å²) in [6.45, 7) is 6.67. The fourth-order valence-corrected chi connectivity index (χ4v) is 3.22. The summed E-state index contributed by atoms with van der Waals surface area (Å²) in [4.78, 5) is 6.96. The van der Waals surface area contributed by atoms with Crippen molar-refractivity contribution in [1.29, 1.82) is 0 Å². The van der Waals surface area contributed by atoms with Crippen molar-refractivity contribution in [2.75, 3.05) is 11.9 Å². The standard InChI is InChI=1S/C17H23BrN2/c1-3-16(4-2)20(11-9-18)13-14-7-8-17-15(12-14)6-5-10-19-17/h5-8,10,12,16H,3-4,9,11,13H2,1-2H3. The molecule has 3 heteroatoms. The quantitative estimate of drug-likeness (QED) is 0.687. The molecule has 20 heavy (non-hydrogen) atoms. The van der Waals surface area contributed by atoms with Gasteiger partial charge in [-0.3, -0.25) is 9.88 Å². The highest BCUT2D eigenvalue weighted by atomic mass is 79.9. The molecule has 0 atom stereocenters. The predicted octanol–water partition coefficient (Wildman–Crippen LogP) is 4.62. The van der Waals surface area contributed by atoms with Gasteiger partial charge in [-0.15, -0.1) is 0 Å². The van der Waals surface area contributed by atoms with Gasteiger partial charge in [-0.05, 0) is 36.6 Å². The topological polar surface area (TPSA) is 16.1 Å². The molecule has 0 aliphatic carbocycles. The molecule has 0 saturated heterocycles. The minimum Gasteiger partial charge on any atom is -0.295 e. The normalized spacial score (nSPS) is 11.7. The summed E-state index contributed by atoms with van der Waals surface area (Å²) in [5, 5.41) is 2.26. The molecule has 1 heterocycles. The van der Waals surface area contributed by atoms with E-state index in [1.807, 2.05) is 12.3 Å². The highest BCUT2D eigenvalue weighted by molar-refractivity contribution is 9.09. The average Bonchev–Trinajstić information content (AvgIpc) is 2.48. The Hall–Kier alpha value is -0.930. The van der Waals surface area contributed by atoms with Crippen molar-refractivity contribution in [2.24, 2.45) is 0 Å². The van der Waals surface area contributed by atoms with E-state index in [2.05, 4.69) is 63.9 Å². The largest absolute Gasteiger partial charge is 0.295 e. The van der Waals surface area contributed by atoms with Gasteiger partial charge in [0.2, 0.25) is 0 Å². The van der Waals surface area contributed by atoms with Gasteiger partial charge in [-0.2, -0.15) is 0 Å². The Balaban J connectivity index is 2.19. The maximum absolute atomic E-state index is 4.38. The van der Waals surface area contributed by atoms with Crippen molar-refractivity contribution in [3.05, 3.63) is 42.1 Å². The molecule has 0 N–H and O–H groups in total. The number of hydrogen-bond donors (Lipinski definition) is 0. The van der Waals surface area contributed by atoms with E-state index in [1.54, 1.807) is 0 Å². The summed E-state index contributed by atoms with van der Waals surface area (Å²) in [5.74, 6) is 0. The number of benzene rings is 1. The van der Waals surface area contributed by atoms with Crippen LogP contribution in [0.3, 0.4) is 0 Å². The van der Waals surface area contributed by atoms with Gasteiger partial charge in [-0.25, -0.2) is 0 Å². The first-order valence-corrected chi connectivity index (χ1v) is 8.54. The molecule has 0 radical (unpaired) electrons. The Bertz CT molecular complexity index is 537. The average molecular weight is 335 g/mol. The summed E-state index contributed by atoms with van der Waals surface area (Å²) < 4.78 is 0. The molecule has 1 aromatic carbocycles. The molecule has 0 bridgehead atoms. The summed E-state index contributed by atoms with van der Waals surface area (Å²) in [6, 6.07) is 11.4. The lowest BCUT2D eigenvalue weighted by atomic mass is 10.1. The van der Waals surface area contributed by atoms with Crippen LogP contribution >= 0.6 is 15.9 Å². The fraction of sp³-hybridized carbons (Fsp3) is 0.471. The SMILES string of the molecule is CCC(CC)N(CCBr)Cc1ccc2ncccc2c1. The zero-order chi connectivity index (χ0) is 14.4. The lowest BCUT2D eigenvalue weighted by molar-refractivity contribution is 0.189. The summed E-state index contributed by atoms with van der Waals surface area (Å²) in [7, 11) is 0. The van der Waals surface area contributed by atoms with Crippen LogP contribution in [0, 0.1) is 0 Å². The van der Waals surface area contributed by atoms with E-state index in [9.17, 15) is 0 Å². The first-order chi connectivity index (χ1) is 9.78. The van der Waals surface area contributed by atoms with Crippen LogP contribution in [0.2, 0.25) is 0 Å². The van der Waals surface area contributed by atoms with E-state index in [0.717, 1.165) is 23.9 Å². The maximum atomic E-state index is 4.38. The summed E-state index contributed by atoms with van der Waals surface area (Å²) >= 11 is 3.58. The van der Waals surface area contributed by atoms with Gasteiger partial charge in [0.25, 0.3) is 0 Å². The van der Waals surface area contributed by atoms with Crippen LogP contribution in [0.25, 0.3) is 10.9 Å². The first kappa shape index (κ1) is 15.5. The lowest BCUT2D eigenvalue weighted by Crippen LogP contribution is -2.35. The van der Waals surface area contributed by atoms with E-state index in [-0.39, 0.29) is 0 Å². The molecule has 0 spiro atoms. The molecule has 2 aromatic rings. The Labute approximate surface area is 130 Å². The zero-order valence-corrected chi connectivity index (χ0v) is 13.9. The van der Waals surface area contributed by atoms with Gasteiger partial charge in [0.05, 0.1) is 5.52 Å². The highest BCUT2D eigenvalue weighted by Crippen LogP contribution is 2.18. The van der Waals surface area contributed by atoms with E-state index in [4.69, 9.17) is 0 Å². The highest BCUT2D eigenvalue weighted by Gasteiger charge is 2.14. The molecule has 0 aliphatic rings. The van der Waals surface area contributed by atoms with Gasteiger partial charge >= 0.3 is 0 Å². The molecule has 0 fully saturated rings. The van der Waals surface area contributed by atoms with Crippen molar-refractivity contribution >= 4 is 26.8 Å². The number of halogens is 1.